The predicted molar refractivity (Wildman–Crippen MR) is 76.0 cm³/mol. The molecule has 1 aromatic carbocycles. The Bertz CT molecular complexity index is 522. The summed E-state index contributed by atoms with van der Waals surface area (Å²) >= 11 is 0. The molecule has 0 fully saturated rings. The smallest absolute Gasteiger partial charge is 0.306 e. The molecule has 0 radical (unpaired) electrons. The summed E-state index contributed by atoms with van der Waals surface area (Å²) in [4.78, 5) is 25.4. The number of methoxy groups -OCH3 is 1. The van der Waals surface area contributed by atoms with Crippen LogP contribution in [0.25, 0.3) is 0 Å². The highest BCUT2D eigenvalue weighted by Crippen LogP contribution is 2.31. The van der Waals surface area contributed by atoms with E-state index in [1.165, 1.54) is 18.2 Å². The number of carbonyl (C=O) groups excluding carboxylic acids is 2. The molecule has 0 aliphatic carbocycles. The van der Waals surface area contributed by atoms with E-state index in [4.69, 9.17) is 0 Å². The maximum absolute atomic E-state index is 12.4. The second kappa shape index (κ2) is 5.65. The number of amides is 1. The summed E-state index contributed by atoms with van der Waals surface area (Å²) in [6, 6.07) is 8.20. The average Bonchev–Trinajstić information content (AvgIpc) is 2.42. The highest BCUT2D eigenvalue weighted by molar-refractivity contribution is 5.82. The highest BCUT2D eigenvalue weighted by Gasteiger charge is 2.35. The van der Waals surface area contributed by atoms with E-state index in [0.717, 1.165) is 6.42 Å². The molecule has 0 aromatic heterocycles. The van der Waals surface area contributed by atoms with Crippen LogP contribution in [0.4, 0.5) is 0 Å². The summed E-state index contributed by atoms with van der Waals surface area (Å²) in [5, 5.41) is 0. The lowest BCUT2D eigenvalue weighted by molar-refractivity contribution is -0.145. The van der Waals surface area contributed by atoms with Gasteiger partial charge in [-0.1, -0.05) is 24.3 Å². The van der Waals surface area contributed by atoms with Crippen LogP contribution in [0.1, 0.15) is 37.8 Å². The van der Waals surface area contributed by atoms with Crippen molar-refractivity contribution in [2.24, 2.45) is 0 Å². The van der Waals surface area contributed by atoms with Crippen LogP contribution in [-0.2, 0) is 27.3 Å². The molecule has 1 heterocycles. The first-order chi connectivity index (χ1) is 9.44. The van der Waals surface area contributed by atoms with E-state index in [-0.39, 0.29) is 30.3 Å². The Balaban J connectivity index is 2.11. The first-order valence-corrected chi connectivity index (χ1v) is 6.88. The van der Waals surface area contributed by atoms with Crippen molar-refractivity contribution < 1.29 is 14.3 Å². The van der Waals surface area contributed by atoms with Gasteiger partial charge in [0.2, 0.25) is 5.91 Å². The molecule has 1 aliphatic rings. The zero-order valence-electron chi connectivity index (χ0n) is 12.3. The van der Waals surface area contributed by atoms with E-state index in [1.54, 1.807) is 0 Å². The Morgan fingerprint density at radius 2 is 1.85 bits per heavy atom. The number of nitrogens with zero attached hydrogens (tertiary/aromatic N) is 1. The van der Waals surface area contributed by atoms with Crippen LogP contribution in [0.5, 0.6) is 0 Å². The first-order valence-electron chi connectivity index (χ1n) is 6.88. The Morgan fingerprint density at radius 1 is 1.20 bits per heavy atom. The molecule has 0 N–H and O–H groups in total. The van der Waals surface area contributed by atoms with Gasteiger partial charge >= 0.3 is 5.97 Å². The van der Waals surface area contributed by atoms with Gasteiger partial charge in [-0.25, -0.2) is 0 Å². The van der Waals surface area contributed by atoms with Crippen molar-refractivity contribution in [3.8, 4) is 0 Å². The lowest BCUT2D eigenvalue weighted by Crippen LogP contribution is -2.51. The van der Waals surface area contributed by atoms with Gasteiger partial charge in [-0.05, 0) is 31.4 Å². The standard InChI is InChI=1S/C16H21NO3/c1-16(2)10-12-6-4-5-7-13(12)11-17(16)14(18)8-9-15(19)20-3/h4-7H,8-11H2,1-3H3. The zero-order chi connectivity index (χ0) is 14.8. The van der Waals surface area contributed by atoms with Gasteiger partial charge in [0.05, 0.1) is 13.5 Å². The van der Waals surface area contributed by atoms with E-state index in [0.29, 0.717) is 6.54 Å². The monoisotopic (exact) mass is 275 g/mol. The maximum atomic E-state index is 12.4. The van der Waals surface area contributed by atoms with Crippen molar-refractivity contribution in [1.29, 1.82) is 0 Å². The zero-order valence-corrected chi connectivity index (χ0v) is 12.3. The summed E-state index contributed by atoms with van der Waals surface area (Å²) in [6.45, 7) is 4.75. The number of carbonyl (C=O) groups is 2. The molecule has 0 saturated carbocycles. The van der Waals surface area contributed by atoms with Crippen LogP contribution in [-0.4, -0.2) is 29.4 Å². The molecule has 1 amide bonds. The first kappa shape index (κ1) is 14.6. The largest absolute Gasteiger partial charge is 0.469 e. The molecule has 0 unspecified atom stereocenters. The van der Waals surface area contributed by atoms with Gasteiger partial charge in [0.1, 0.15) is 0 Å². The van der Waals surface area contributed by atoms with E-state index in [2.05, 4.69) is 30.7 Å². The van der Waals surface area contributed by atoms with Gasteiger partial charge in [0.25, 0.3) is 0 Å². The third-order valence-corrected chi connectivity index (χ3v) is 3.87. The molecule has 0 saturated heterocycles. The topological polar surface area (TPSA) is 46.6 Å². The van der Waals surface area contributed by atoms with Crippen LogP contribution in [0.3, 0.4) is 0 Å². The number of esters is 1. The molecule has 4 heteroatoms. The average molecular weight is 275 g/mol. The molecule has 20 heavy (non-hydrogen) atoms. The van der Waals surface area contributed by atoms with Gasteiger partial charge in [-0.15, -0.1) is 0 Å². The van der Waals surface area contributed by atoms with Crippen molar-refractivity contribution in [1.82, 2.24) is 4.90 Å². The molecule has 0 spiro atoms. The summed E-state index contributed by atoms with van der Waals surface area (Å²) < 4.78 is 4.59. The summed E-state index contributed by atoms with van der Waals surface area (Å²) in [7, 11) is 1.34. The molecule has 1 aromatic rings. The fourth-order valence-corrected chi connectivity index (χ4v) is 2.70. The Morgan fingerprint density at radius 3 is 2.50 bits per heavy atom. The Hall–Kier alpha value is -1.84. The van der Waals surface area contributed by atoms with E-state index >= 15 is 0 Å². The number of benzene rings is 1. The van der Waals surface area contributed by atoms with Crippen LogP contribution >= 0.6 is 0 Å². The third kappa shape index (κ3) is 3.00. The van der Waals surface area contributed by atoms with Crippen molar-refractivity contribution in [3.63, 3.8) is 0 Å². The highest BCUT2D eigenvalue weighted by atomic mass is 16.5. The molecule has 2 rings (SSSR count). The fraction of sp³-hybridized carbons (Fsp3) is 0.500. The summed E-state index contributed by atoms with van der Waals surface area (Å²) in [5.41, 5.74) is 2.27. The second-order valence-corrected chi connectivity index (χ2v) is 5.81. The predicted octanol–water partition coefficient (Wildman–Crippen LogP) is 2.30. The number of hydrogen-bond donors (Lipinski definition) is 0. The van der Waals surface area contributed by atoms with Crippen LogP contribution < -0.4 is 0 Å². The van der Waals surface area contributed by atoms with E-state index in [1.807, 2.05) is 17.0 Å². The van der Waals surface area contributed by atoms with Gasteiger partial charge in [0, 0.05) is 18.5 Å². The normalized spacial score (nSPS) is 16.4. The van der Waals surface area contributed by atoms with Crippen molar-refractivity contribution >= 4 is 11.9 Å². The lowest BCUT2D eigenvalue weighted by Gasteiger charge is -2.43. The maximum Gasteiger partial charge on any atom is 0.306 e. The van der Waals surface area contributed by atoms with E-state index < -0.39 is 0 Å². The third-order valence-electron chi connectivity index (χ3n) is 3.87. The van der Waals surface area contributed by atoms with Gasteiger partial charge < -0.3 is 9.64 Å². The quantitative estimate of drug-likeness (QED) is 0.795. The van der Waals surface area contributed by atoms with Gasteiger partial charge in [-0.3, -0.25) is 9.59 Å². The molecule has 1 aliphatic heterocycles. The second-order valence-electron chi connectivity index (χ2n) is 5.81. The Labute approximate surface area is 119 Å². The number of fused-ring (bicyclic) bond motifs is 1. The molecular formula is C16H21NO3. The van der Waals surface area contributed by atoms with Crippen LogP contribution in [0.2, 0.25) is 0 Å². The molecule has 0 bridgehead atoms. The number of hydrogen-bond acceptors (Lipinski definition) is 3. The fourth-order valence-electron chi connectivity index (χ4n) is 2.70. The molecule has 0 atom stereocenters. The van der Waals surface area contributed by atoms with Crippen molar-refractivity contribution in [3.05, 3.63) is 35.4 Å². The van der Waals surface area contributed by atoms with Crippen molar-refractivity contribution in [2.75, 3.05) is 7.11 Å². The number of rotatable bonds is 3. The molecule has 108 valence electrons. The molecule has 4 nitrogen and oxygen atoms in total. The van der Waals surface area contributed by atoms with Crippen LogP contribution in [0, 0.1) is 0 Å². The van der Waals surface area contributed by atoms with E-state index in [9.17, 15) is 9.59 Å². The van der Waals surface area contributed by atoms with Crippen molar-refractivity contribution in [2.45, 2.75) is 45.2 Å². The minimum Gasteiger partial charge on any atom is -0.469 e. The summed E-state index contributed by atoms with van der Waals surface area (Å²) in [6.07, 6.45) is 1.19. The van der Waals surface area contributed by atoms with Gasteiger partial charge in [-0.2, -0.15) is 0 Å². The minimum absolute atomic E-state index is 0.00917. The Kier molecular flexibility index (Phi) is 4.12. The SMILES string of the molecule is COC(=O)CCC(=O)N1Cc2ccccc2CC1(C)C. The number of ether oxygens (including phenoxy) is 1. The molecular weight excluding hydrogens is 254 g/mol. The van der Waals surface area contributed by atoms with Gasteiger partial charge in [0.15, 0.2) is 0 Å². The minimum atomic E-state index is -0.339. The lowest BCUT2D eigenvalue weighted by atomic mass is 9.85. The summed E-state index contributed by atoms with van der Waals surface area (Å²) in [5.74, 6) is -0.330. The van der Waals surface area contributed by atoms with Crippen LogP contribution in [0.15, 0.2) is 24.3 Å².